The molecule has 60 valence electrons. The maximum Gasteiger partial charge on any atom is 0.397 e. The summed E-state index contributed by atoms with van der Waals surface area (Å²) in [5.41, 5.74) is 0. The molecule has 1 N–H and O–H groups in total. The largest absolute Gasteiger partial charge is 0.463 e. The molecule has 0 fully saturated rings. The molecule has 0 saturated carbocycles. The van der Waals surface area contributed by atoms with E-state index in [1.807, 2.05) is 0 Å². The van der Waals surface area contributed by atoms with E-state index in [1.165, 1.54) is 0 Å². The molecule has 10 heavy (non-hydrogen) atoms. The van der Waals surface area contributed by atoms with Crippen LogP contribution in [-0.4, -0.2) is 38.4 Å². The van der Waals surface area contributed by atoms with Crippen LogP contribution >= 0.6 is 0 Å². The summed E-state index contributed by atoms with van der Waals surface area (Å²) in [5, 5.41) is 8.98. The number of rotatable bonds is 3. The summed E-state index contributed by atoms with van der Waals surface area (Å²) in [7, 11) is 3.37. The molecule has 0 radical (unpaired) electrons. The van der Waals surface area contributed by atoms with E-state index in [0.29, 0.717) is 0 Å². The minimum absolute atomic E-state index is 0.988. The summed E-state index contributed by atoms with van der Waals surface area (Å²) < 4.78 is 12.8. The lowest BCUT2D eigenvalue weighted by Crippen LogP contribution is -2.43. The monoisotopic (exact) mass is 150 g/mol. The maximum absolute atomic E-state index is 10.6. The average molecular weight is 150 g/mol. The Kier molecular flexibility index (Phi) is 3.27. The first-order valence-electron chi connectivity index (χ1n) is 2.51. The van der Waals surface area contributed by atoms with Crippen molar-refractivity contribution >= 4 is 5.97 Å². The molecule has 0 aromatic heterocycles. The topological polar surface area (TPSA) is 65.0 Å². The van der Waals surface area contributed by atoms with E-state index in [9.17, 15) is 4.79 Å². The number of aliphatic hydroxyl groups is 1. The third kappa shape index (κ3) is 1.66. The summed E-state index contributed by atoms with van der Waals surface area (Å²) >= 11 is 0. The molecule has 0 unspecified atom stereocenters. The molecule has 0 saturated heterocycles. The zero-order valence-electron chi connectivity index (χ0n) is 6.08. The third-order valence-electron chi connectivity index (χ3n) is 0.997. The molecular formula is C5H10O5. The lowest BCUT2D eigenvalue weighted by atomic mass is 10.5. The Bertz CT molecular complexity index is 117. The third-order valence-corrected chi connectivity index (χ3v) is 0.997. The van der Waals surface area contributed by atoms with E-state index in [4.69, 9.17) is 5.11 Å². The van der Waals surface area contributed by atoms with Gasteiger partial charge in [-0.1, -0.05) is 0 Å². The van der Waals surface area contributed by atoms with Crippen LogP contribution in [0.25, 0.3) is 0 Å². The molecule has 0 aliphatic rings. The molecule has 0 atom stereocenters. The van der Waals surface area contributed by atoms with Gasteiger partial charge >= 0.3 is 11.9 Å². The van der Waals surface area contributed by atoms with Gasteiger partial charge in [-0.2, -0.15) is 0 Å². The average Bonchev–Trinajstić information content (AvgIpc) is 2.01. The molecule has 0 aliphatic heterocycles. The fraction of sp³-hybridized carbons (Fsp3) is 0.800. The molecule has 0 bridgehead atoms. The molecule has 0 rings (SSSR count). The van der Waals surface area contributed by atoms with Crippen molar-refractivity contribution in [3.63, 3.8) is 0 Å². The zero-order valence-corrected chi connectivity index (χ0v) is 6.08. The number of ether oxygens (including phenoxy) is 3. The van der Waals surface area contributed by atoms with Crippen LogP contribution in [0, 0.1) is 0 Å². The molecule has 0 aromatic carbocycles. The van der Waals surface area contributed by atoms with Gasteiger partial charge in [-0.15, -0.1) is 0 Å². The Balaban J connectivity index is 4.17. The Morgan fingerprint density at radius 1 is 1.30 bits per heavy atom. The highest BCUT2D eigenvalue weighted by Gasteiger charge is 2.37. The van der Waals surface area contributed by atoms with E-state index in [1.54, 1.807) is 0 Å². The SMILES string of the molecule is COC(=O)C(O)(OC)OC. The molecule has 0 spiro atoms. The van der Waals surface area contributed by atoms with Crippen LogP contribution in [0.3, 0.4) is 0 Å². The van der Waals surface area contributed by atoms with Crippen molar-refractivity contribution in [3.8, 4) is 0 Å². The van der Waals surface area contributed by atoms with Crippen LogP contribution in [0.4, 0.5) is 0 Å². The quantitative estimate of drug-likeness (QED) is 0.417. The second kappa shape index (κ2) is 3.50. The van der Waals surface area contributed by atoms with E-state index < -0.39 is 11.9 Å². The molecule has 5 heteroatoms. The van der Waals surface area contributed by atoms with E-state index >= 15 is 0 Å². The highest BCUT2D eigenvalue weighted by Crippen LogP contribution is 2.07. The summed E-state index contributed by atoms with van der Waals surface area (Å²) in [4.78, 5) is 10.6. The molecule has 0 aliphatic carbocycles. The van der Waals surface area contributed by atoms with Crippen molar-refractivity contribution in [1.29, 1.82) is 0 Å². The zero-order chi connectivity index (χ0) is 8.20. The minimum atomic E-state index is -2.27. The second-order valence-electron chi connectivity index (χ2n) is 1.48. The van der Waals surface area contributed by atoms with Gasteiger partial charge in [-0.3, -0.25) is 0 Å². The van der Waals surface area contributed by atoms with E-state index in [-0.39, 0.29) is 0 Å². The van der Waals surface area contributed by atoms with Crippen molar-refractivity contribution < 1.29 is 24.1 Å². The van der Waals surface area contributed by atoms with E-state index in [0.717, 1.165) is 21.3 Å². The molecule has 0 heterocycles. The number of hydrogen-bond donors (Lipinski definition) is 1. The lowest BCUT2D eigenvalue weighted by molar-refractivity contribution is -0.325. The van der Waals surface area contributed by atoms with E-state index in [2.05, 4.69) is 14.2 Å². The number of esters is 1. The minimum Gasteiger partial charge on any atom is -0.463 e. The number of hydrogen-bond acceptors (Lipinski definition) is 5. The van der Waals surface area contributed by atoms with Crippen molar-refractivity contribution in [2.75, 3.05) is 21.3 Å². The summed E-state index contributed by atoms with van der Waals surface area (Å²) in [6, 6.07) is 0. The van der Waals surface area contributed by atoms with Crippen LogP contribution < -0.4 is 0 Å². The predicted molar refractivity (Wildman–Crippen MR) is 31.0 cm³/mol. The summed E-state index contributed by atoms with van der Waals surface area (Å²) in [5.74, 6) is -3.26. The molecular weight excluding hydrogens is 140 g/mol. The van der Waals surface area contributed by atoms with Gasteiger partial charge in [0.2, 0.25) is 0 Å². The predicted octanol–water partition coefficient (Wildman–Crippen LogP) is -0.902. The number of carbonyl (C=O) groups excluding carboxylic acids is 1. The summed E-state index contributed by atoms with van der Waals surface area (Å²) in [6.07, 6.45) is 0. The fourth-order valence-corrected chi connectivity index (χ4v) is 0.379. The molecule has 5 nitrogen and oxygen atoms in total. The fourth-order valence-electron chi connectivity index (χ4n) is 0.379. The lowest BCUT2D eigenvalue weighted by Gasteiger charge is -2.19. The Hall–Kier alpha value is -0.650. The van der Waals surface area contributed by atoms with Crippen LogP contribution in [0.2, 0.25) is 0 Å². The second-order valence-corrected chi connectivity index (χ2v) is 1.48. The highest BCUT2D eigenvalue weighted by molar-refractivity contribution is 5.75. The molecule has 0 aromatic rings. The van der Waals surface area contributed by atoms with Gasteiger partial charge in [0.05, 0.1) is 7.11 Å². The van der Waals surface area contributed by atoms with Crippen LogP contribution in [0.1, 0.15) is 0 Å². The maximum atomic E-state index is 10.6. The van der Waals surface area contributed by atoms with Gasteiger partial charge in [0.25, 0.3) is 0 Å². The molecule has 0 amide bonds. The van der Waals surface area contributed by atoms with Gasteiger partial charge in [0.1, 0.15) is 0 Å². The van der Waals surface area contributed by atoms with Gasteiger partial charge in [0.15, 0.2) is 0 Å². The van der Waals surface area contributed by atoms with Gasteiger partial charge < -0.3 is 19.3 Å². The standard InChI is InChI=1S/C5H10O5/c1-8-4(6)5(7,9-2)10-3/h7H,1-3H3. The highest BCUT2D eigenvalue weighted by atomic mass is 16.8. The van der Waals surface area contributed by atoms with Crippen molar-refractivity contribution in [3.05, 3.63) is 0 Å². The normalized spacial score (nSPS) is 11.2. The Morgan fingerprint density at radius 3 is 1.80 bits per heavy atom. The van der Waals surface area contributed by atoms with Crippen molar-refractivity contribution in [2.45, 2.75) is 5.97 Å². The first-order chi connectivity index (χ1) is 4.60. The number of carbonyl (C=O) groups is 1. The van der Waals surface area contributed by atoms with Crippen LogP contribution in [0.15, 0.2) is 0 Å². The first-order valence-corrected chi connectivity index (χ1v) is 2.51. The van der Waals surface area contributed by atoms with Crippen molar-refractivity contribution in [1.82, 2.24) is 0 Å². The van der Waals surface area contributed by atoms with Crippen LogP contribution in [-0.2, 0) is 19.0 Å². The van der Waals surface area contributed by atoms with Gasteiger partial charge in [-0.25, -0.2) is 4.79 Å². The van der Waals surface area contributed by atoms with Crippen molar-refractivity contribution in [2.24, 2.45) is 0 Å². The smallest absolute Gasteiger partial charge is 0.397 e. The number of methoxy groups -OCH3 is 3. The van der Waals surface area contributed by atoms with Gasteiger partial charge in [-0.05, 0) is 0 Å². The Morgan fingerprint density at radius 2 is 1.70 bits per heavy atom. The Labute approximate surface area is 58.5 Å². The summed E-state index contributed by atoms with van der Waals surface area (Å²) in [6.45, 7) is 0. The first kappa shape index (κ1) is 9.35. The van der Waals surface area contributed by atoms with Crippen LogP contribution in [0.5, 0.6) is 0 Å². The van der Waals surface area contributed by atoms with Gasteiger partial charge in [0, 0.05) is 14.2 Å².